The van der Waals surface area contributed by atoms with Gasteiger partial charge >= 0.3 is 5.97 Å². The summed E-state index contributed by atoms with van der Waals surface area (Å²) in [6, 6.07) is 17.1. The third kappa shape index (κ3) is 7.47. The first kappa shape index (κ1) is 28.5. The molecule has 0 saturated carbocycles. The lowest BCUT2D eigenvalue weighted by Crippen LogP contribution is -2.30. The average Bonchev–Trinajstić information content (AvgIpc) is 2.93. The highest BCUT2D eigenvalue weighted by Crippen LogP contribution is 2.29. The first-order valence-corrected chi connectivity index (χ1v) is 12.5. The lowest BCUT2D eigenvalue weighted by Gasteiger charge is -2.26. The molecule has 8 heteroatoms. The number of hydrogen-bond donors (Lipinski definition) is 1. The number of nitrogens with zero attached hydrogens (tertiary/aromatic N) is 1. The number of carbonyl (C=O) groups excluding carboxylic acids is 2. The zero-order chi connectivity index (χ0) is 27.7. The van der Waals surface area contributed by atoms with E-state index in [2.05, 4.69) is 4.98 Å². The van der Waals surface area contributed by atoms with Crippen molar-refractivity contribution < 1.29 is 33.6 Å². The number of Topliss-reactive ketones (excluding diaryl/α,β-unsaturated/α-hetero) is 1. The number of pyridine rings is 1. The monoisotopic (exact) mass is 521 g/mol. The second kappa shape index (κ2) is 13.5. The average molecular weight is 522 g/mol. The quantitative estimate of drug-likeness (QED) is 0.246. The molecule has 2 aromatic carbocycles. The van der Waals surface area contributed by atoms with Crippen LogP contribution < -0.4 is 14.2 Å². The lowest BCUT2D eigenvalue weighted by molar-refractivity contribution is -0.155. The largest absolute Gasteiger partial charge is 0.503 e. The minimum Gasteiger partial charge on any atom is -0.503 e. The zero-order valence-electron chi connectivity index (χ0n) is 22.5. The van der Waals surface area contributed by atoms with Crippen LogP contribution in [0, 0.1) is 11.8 Å². The molecule has 0 aliphatic rings. The van der Waals surface area contributed by atoms with Gasteiger partial charge in [0.1, 0.15) is 17.6 Å². The number of esters is 1. The van der Waals surface area contributed by atoms with Gasteiger partial charge in [-0.3, -0.25) is 9.59 Å². The number of aromatic nitrogens is 1. The van der Waals surface area contributed by atoms with Crippen molar-refractivity contribution in [3.8, 4) is 23.0 Å². The molecule has 0 bridgehead atoms. The number of carbonyl (C=O) groups is 2. The van der Waals surface area contributed by atoms with E-state index in [-0.39, 0.29) is 29.5 Å². The van der Waals surface area contributed by atoms with Crippen molar-refractivity contribution >= 4 is 11.8 Å². The number of methoxy groups -OCH3 is 3. The Bertz CT molecular complexity index is 1160. The number of ether oxygens (including phenoxy) is 4. The lowest BCUT2D eigenvalue weighted by atomic mass is 9.88. The molecule has 3 aromatic rings. The third-order valence-corrected chi connectivity index (χ3v) is 6.55. The first-order valence-electron chi connectivity index (χ1n) is 12.5. The molecule has 202 valence electrons. The first-order chi connectivity index (χ1) is 18.2. The molecule has 0 aliphatic carbocycles. The SMILES string of the molecule is COc1ccc(CC(Cc2ccc(OC)cc2)[C@H](C)OC(=O)[C@H](C)CC(=O)c2nccc(OC)c2O)cc1. The molecule has 0 radical (unpaired) electrons. The van der Waals surface area contributed by atoms with Gasteiger partial charge in [-0.2, -0.15) is 0 Å². The predicted molar refractivity (Wildman–Crippen MR) is 143 cm³/mol. The molecule has 0 spiro atoms. The van der Waals surface area contributed by atoms with E-state index in [1.54, 1.807) is 21.1 Å². The smallest absolute Gasteiger partial charge is 0.309 e. The van der Waals surface area contributed by atoms with Gasteiger partial charge in [0, 0.05) is 24.6 Å². The van der Waals surface area contributed by atoms with Gasteiger partial charge in [-0.15, -0.1) is 0 Å². The van der Waals surface area contributed by atoms with Crippen molar-refractivity contribution in [2.75, 3.05) is 21.3 Å². The predicted octanol–water partition coefficient (Wildman–Crippen LogP) is 5.06. The van der Waals surface area contributed by atoms with Crippen LogP contribution in [0.3, 0.4) is 0 Å². The van der Waals surface area contributed by atoms with Gasteiger partial charge in [-0.05, 0) is 55.2 Å². The Morgan fingerprint density at radius 2 is 1.34 bits per heavy atom. The van der Waals surface area contributed by atoms with Gasteiger partial charge in [-0.25, -0.2) is 4.98 Å². The molecular formula is C30H35NO7. The summed E-state index contributed by atoms with van der Waals surface area (Å²) in [5.41, 5.74) is 2.05. The van der Waals surface area contributed by atoms with E-state index in [0.717, 1.165) is 22.6 Å². The van der Waals surface area contributed by atoms with Crippen LogP contribution in [0.25, 0.3) is 0 Å². The standard InChI is InChI=1S/C30H35NO7/c1-19(16-26(32)28-29(33)27(37-5)14-15-31-28)30(34)38-20(2)23(17-21-6-10-24(35-3)11-7-21)18-22-8-12-25(36-4)13-9-22/h6-15,19-20,23,33H,16-18H2,1-5H3/t19-,20+/m1/s1. The maximum Gasteiger partial charge on any atom is 0.309 e. The van der Waals surface area contributed by atoms with Gasteiger partial charge in [0.25, 0.3) is 0 Å². The molecule has 0 amide bonds. The Kier molecular flexibility index (Phi) is 10.1. The van der Waals surface area contributed by atoms with Gasteiger partial charge < -0.3 is 24.1 Å². The van der Waals surface area contributed by atoms with Crippen molar-refractivity contribution in [3.63, 3.8) is 0 Å². The van der Waals surface area contributed by atoms with Crippen molar-refractivity contribution in [2.24, 2.45) is 11.8 Å². The number of benzene rings is 2. The Morgan fingerprint density at radius 3 is 1.82 bits per heavy atom. The number of hydrogen-bond acceptors (Lipinski definition) is 8. The molecule has 0 fully saturated rings. The highest BCUT2D eigenvalue weighted by atomic mass is 16.5. The highest BCUT2D eigenvalue weighted by Gasteiger charge is 2.27. The van der Waals surface area contributed by atoms with Crippen LogP contribution in [-0.4, -0.2) is 49.3 Å². The molecule has 0 saturated heterocycles. The van der Waals surface area contributed by atoms with Crippen molar-refractivity contribution in [3.05, 3.63) is 77.6 Å². The van der Waals surface area contributed by atoms with E-state index in [9.17, 15) is 14.7 Å². The van der Waals surface area contributed by atoms with Crippen LogP contribution in [0.15, 0.2) is 60.8 Å². The van der Waals surface area contributed by atoms with E-state index in [1.165, 1.54) is 19.4 Å². The Balaban J connectivity index is 1.71. The van der Waals surface area contributed by atoms with Crippen LogP contribution in [0.4, 0.5) is 0 Å². The Morgan fingerprint density at radius 1 is 0.816 bits per heavy atom. The van der Waals surface area contributed by atoms with E-state index >= 15 is 0 Å². The van der Waals surface area contributed by atoms with Gasteiger partial charge in [-0.1, -0.05) is 31.2 Å². The van der Waals surface area contributed by atoms with Gasteiger partial charge in [0.05, 0.1) is 27.2 Å². The summed E-state index contributed by atoms with van der Waals surface area (Å²) < 4.78 is 21.4. The Labute approximate surface area is 223 Å². The van der Waals surface area contributed by atoms with Crippen molar-refractivity contribution in [1.29, 1.82) is 0 Å². The summed E-state index contributed by atoms with van der Waals surface area (Å²) in [6.45, 7) is 3.51. The fourth-order valence-corrected chi connectivity index (χ4v) is 4.19. The minimum atomic E-state index is -0.722. The summed E-state index contributed by atoms with van der Waals surface area (Å²) in [5, 5.41) is 10.2. The Hall–Kier alpha value is -4.07. The topological polar surface area (TPSA) is 104 Å². The highest BCUT2D eigenvalue weighted by molar-refractivity contribution is 5.99. The molecule has 38 heavy (non-hydrogen) atoms. The summed E-state index contributed by atoms with van der Waals surface area (Å²) in [6.07, 6.45) is 2.16. The summed E-state index contributed by atoms with van der Waals surface area (Å²) in [7, 11) is 4.64. The van der Waals surface area contributed by atoms with Gasteiger partial charge in [0.15, 0.2) is 23.0 Å². The van der Waals surface area contributed by atoms with Crippen LogP contribution in [0.5, 0.6) is 23.0 Å². The van der Waals surface area contributed by atoms with E-state index < -0.39 is 23.8 Å². The van der Waals surface area contributed by atoms with Crippen LogP contribution >= 0.6 is 0 Å². The maximum absolute atomic E-state index is 13.0. The van der Waals surface area contributed by atoms with E-state index in [1.807, 2.05) is 55.5 Å². The van der Waals surface area contributed by atoms with Crippen LogP contribution in [0.2, 0.25) is 0 Å². The number of aromatic hydroxyl groups is 1. The second-order valence-corrected chi connectivity index (χ2v) is 9.25. The van der Waals surface area contributed by atoms with E-state index in [0.29, 0.717) is 12.8 Å². The van der Waals surface area contributed by atoms with Crippen LogP contribution in [-0.2, 0) is 22.4 Å². The molecule has 1 N–H and O–H groups in total. The fraction of sp³-hybridized carbons (Fsp3) is 0.367. The zero-order valence-corrected chi connectivity index (χ0v) is 22.5. The molecule has 0 unspecified atom stereocenters. The summed E-state index contributed by atoms with van der Waals surface area (Å²) in [5.74, 6) is -0.341. The number of rotatable bonds is 13. The van der Waals surface area contributed by atoms with E-state index in [4.69, 9.17) is 18.9 Å². The normalized spacial score (nSPS) is 12.5. The molecular weight excluding hydrogens is 486 g/mol. The molecule has 0 aliphatic heterocycles. The summed E-state index contributed by atoms with van der Waals surface area (Å²) >= 11 is 0. The second-order valence-electron chi connectivity index (χ2n) is 9.25. The van der Waals surface area contributed by atoms with Crippen LogP contribution in [0.1, 0.15) is 41.9 Å². The summed E-state index contributed by atoms with van der Waals surface area (Å²) in [4.78, 5) is 29.7. The molecule has 2 atom stereocenters. The molecule has 8 nitrogen and oxygen atoms in total. The van der Waals surface area contributed by atoms with Crippen molar-refractivity contribution in [1.82, 2.24) is 4.98 Å². The van der Waals surface area contributed by atoms with Gasteiger partial charge in [0.2, 0.25) is 0 Å². The maximum atomic E-state index is 13.0. The molecule has 1 aromatic heterocycles. The minimum absolute atomic E-state index is 0.0206. The molecule has 1 heterocycles. The van der Waals surface area contributed by atoms with Crippen molar-refractivity contribution in [2.45, 2.75) is 39.2 Å². The molecule has 3 rings (SSSR count). The third-order valence-electron chi connectivity index (χ3n) is 6.55. The fourth-order valence-electron chi connectivity index (χ4n) is 4.19. The number of ketones is 1.